The van der Waals surface area contributed by atoms with Crippen molar-refractivity contribution in [1.29, 1.82) is 0 Å². The molecule has 0 spiro atoms. The van der Waals surface area contributed by atoms with Crippen molar-refractivity contribution in [1.82, 2.24) is 25.4 Å². The smallest absolute Gasteiger partial charge is 0.265 e. The second-order valence-electron chi connectivity index (χ2n) is 11.0. The zero-order valence-corrected chi connectivity index (χ0v) is 24.6. The van der Waals surface area contributed by atoms with Crippen LogP contribution in [0, 0.1) is 11.8 Å². The Morgan fingerprint density at radius 2 is 1.90 bits per heavy atom. The van der Waals surface area contributed by atoms with Crippen molar-refractivity contribution in [3.8, 4) is 5.75 Å². The molecule has 1 aromatic carbocycles. The van der Waals surface area contributed by atoms with Gasteiger partial charge in [0.05, 0.1) is 24.3 Å². The number of carbonyl (C=O) groups excluding carboxylic acids is 4. The first-order valence-electron chi connectivity index (χ1n) is 14.7. The van der Waals surface area contributed by atoms with Crippen LogP contribution in [0.4, 0.5) is 0 Å². The van der Waals surface area contributed by atoms with Gasteiger partial charge in [-0.1, -0.05) is 31.9 Å². The fourth-order valence-electron chi connectivity index (χ4n) is 6.46. The third-order valence-corrected chi connectivity index (χ3v) is 9.38. The number of carbonyl (C=O) groups is 4. The number of ether oxygens (including phenoxy) is 1. The summed E-state index contributed by atoms with van der Waals surface area (Å²) in [6, 6.07) is 5.52. The van der Waals surface area contributed by atoms with Crippen LogP contribution in [-0.4, -0.2) is 77.7 Å². The molecule has 0 bridgehead atoms. The Morgan fingerprint density at radius 3 is 2.63 bits per heavy atom. The van der Waals surface area contributed by atoms with E-state index >= 15 is 0 Å². The molecular formula is C30H39N5O5S. The summed E-state index contributed by atoms with van der Waals surface area (Å²) in [6.07, 6.45) is 6.34. The van der Waals surface area contributed by atoms with Gasteiger partial charge >= 0.3 is 0 Å². The van der Waals surface area contributed by atoms with Crippen LogP contribution in [0.1, 0.15) is 72.3 Å². The first-order valence-corrected chi connectivity index (χ1v) is 15.5. The minimum atomic E-state index is -0.415. The number of nitrogens with zero attached hydrogens (tertiary/aromatic N) is 3. The van der Waals surface area contributed by atoms with Crippen molar-refractivity contribution in [2.75, 3.05) is 33.2 Å². The molecule has 1 saturated carbocycles. The lowest BCUT2D eigenvalue weighted by atomic mass is 9.77. The van der Waals surface area contributed by atoms with Crippen molar-refractivity contribution in [3.05, 3.63) is 45.9 Å². The first kappa shape index (κ1) is 29.0. The number of likely N-dealkylation sites (tertiary alicyclic amines) is 1. The molecule has 2 aromatic rings. The predicted octanol–water partition coefficient (Wildman–Crippen LogP) is 2.94. The highest BCUT2D eigenvalue weighted by Crippen LogP contribution is 2.40. The maximum Gasteiger partial charge on any atom is 0.265 e. The van der Waals surface area contributed by atoms with Crippen LogP contribution >= 0.6 is 11.3 Å². The Morgan fingerprint density at radius 1 is 1.10 bits per heavy atom. The fraction of sp³-hybridized carbons (Fsp3) is 0.567. The van der Waals surface area contributed by atoms with Gasteiger partial charge in [-0.2, -0.15) is 0 Å². The summed E-state index contributed by atoms with van der Waals surface area (Å²) < 4.78 is 6.56. The van der Waals surface area contributed by atoms with Crippen LogP contribution in [0.2, 0.25) is 0 Å². The molecule has 4 amide bonds. The summed E-state index contributed by atoms with van der Waals surface area (Å²) >= 11 is 1.33. The molecular weight excluding hydrogens is 542 g/mol. The molecule has 2 aliphatic heterocycles. The van der Waals surface area contributed by atoms with E-state index in [1.165, 1.54) is 11.3 Å². The third kappa shape index (κ3) is 6.24. The van der Waals surface area contributed by atoms with Crippen molar-refractivity contribution in [2.45, 2.75) is 64.0 Å². The normalized spacial score (nSPS) is 24.0. The largest absolute Gasteiger partial charge is 0.488 e. The van der Waals surface area contributed by atoms with Gasteiger partial charge in [0.1, 0.15) is 16.7 Å². The number of rotatable bonds is 8. The van der Waals surface area contributed by atoms with Gasteiger partial charge in [0.25, 0.3) is 5.91 Å². The molecule has 10 nitrogen and oxygen atoms in total. The Kier molecular flexibility index (Phi) is 9.22. The van der Waals surface area contributed by atoms with Crippen LogP contribution < -0.4 is 15.4 Å². The van der Waals surface area contributed by atoms with E-state index in [2.05, 4.69) is 21.7 Å². The Bertz CT molecular complexity index is 1270. The fourth-order valence-corrected chi connectivity index (χ4v) is 7.04. The second kappa shape index (κ2) is 13.0. The quantitative estimate of drug-likeness (QED) is 0.495. The molecule has 220 valence electrons. The van der Waals surface area contributed by atoms with Crippen molar-refractivity contribution < 1.29 is 23.9 Å². The number of hydrogen-bond acceptors (Lipinski definition) is 7. The van der Waals surface area contributed by atoms with Crippen LogP contribution in [0.3, 0.4) is 0 Å². The molecule has 5 rings (SSSR count). The Balaban J connectivity index is 1.40. The van der Waals surface area contributed by atoms with Gasteiger partial charge in [-0.15, -0.1) is 11.3 Å². The maximum atomic E-state index is 14.1. The van der Waals surface area contributed by atoms with E-state index in [1.807, 2.05) is 17.0 Å². The summed E-state index contributed by atoms with van der Waals surface area (Å²) in [7, 11) is 1.62. The zero-order chi connectivity index (χ0) is 28.9. The average molecular weight is 582 g/mol. The minimum Gasteiger partial charge on any atom is -0.488 e. The number of nitrogens with one attached hydrogen (secondary N) is 2. The molecule has 1 aliphatic carbocycles. The van der Waals surface area contributed by atoms with Gasteiger partial charge in [0, 0.05) is 56.9 Å². The van der Waals surface area contributed by atoms with Crippen molar-refractivity contribution in [2.24, 2.45) is 11.8 Å². The molecule has 4 atom stereocenters. The summed E-state index contributed by atoms with van der Waals surface area (Å²) in [4.78, 5) is 60.4. The molecule has 2 N–H and O–H groups in total. The van der Waals surface area contributed by atoms with Gasteiger partial charge in [-0.05, 0) is 30.9 Å². The van der Waals surface area contributed by atoms with E-state index in [0.717, 1.165) is 24.0 Å². The molecule has 11 heteroatoms. The molecule has 3 aliphatic rings. The third-order valence-electron chi connectivity index (χ3n) is 8.62. The highest BCUT2D eigenvalue weighted by atomic mass is 32.1. The highest BCUT2D eigenvalue weighted by molar-refractivity contribution is 7.11. The van der Waals surface area contributed by atoms with E-state index in [0.29, 0.717) is 62.4 Å². The highest BCUT2D eigenvalue weighted by Gasteiger charge is 2.42. The molecule has 0 radical (unpaired) electrons. The molecule has 1 aromatic heterocycles. The van der Waals surface area contributed by atoms with Gasteiger partial charge < -0.3 is 25.2 Å². The van der Waals surface area contributed by atoms with Gasteiger partial charge in [-0.3, -0.25) is 24.2 Å². The van der Waals surface area contributed by atoms with E-state index in [4.69, 9.17) is 4.74 Å². The molecule has 2 fully saturated rings. The Labute approximate surface area is 244 Å². The van der Waals surface area contributed by atoms with Crippen molar-refractivity contribution in [3.63, 3.8) is 0 Å². The van der Waals surface area contributed by atoms with E-state index in [-0.39, 0.29) is 48.1 Å². The topological polar surface area (TPSA) is 121 Å². The van der Waals surface area contributed by atoms with E-state index in [9.17, 15) is 19.2 Å². The van der Waals surface area contributed by atoms with Crippen LogP contribution in [0.5, 0.6) is 5.75 Å². The molecule has 1 saturated heterocycles. The lowest BCUT2D eigenvalue weighted by Crippen LogP contribution is -2.50. The SMILES string of the molecule is CCC(=O)NC[C@@H]1c2c(cccc2O[C@H]2CCN(C(=O)c3cncs3)C2)CCN1C(=O)C1CCCC[C@H]1C(=O)NC. The number of benzene rings is 1. The standard InChI is InChI=1S/C30H39N5O5S/c1-3-26(36)33-15-23-27-19(11-14-35(23)29(38)22-9-5-4-8-21(22)28(37)31-2)7-6-10-24(27)40-20-12-13-34(17-20)30(39)25-16-32-18-41-25/h6-7,10,16,18,20-23H,3-5,8-9,11-15,17H2,1-2H3,(H,31,37)(H,33,36)/t20-,21+,22?,23+/m0/s1. The van der Waals surface area contributed by atoms with E-state index in [1.54, 1.807) is 30.6 Å². The monoisotopic (exact) mass is 581 g/mol. The lowest BCUT2D eigenvalue weighted by molar-refractivity contribution is -0.146. The number of amides is 4. The summed E-state index contributed by atoms with van der Waals surface area (Å²) in [6.45, 7) is 3.65. The number of thiazole rings is 1. The predicted molar refractivity (Wildman–Crippen MR) is 154 cm³/mol. The summed E-state index contributed by atoms with van der Waals surface area (Å²) in [5.41, 5.74) is 3.65. The minimum absolute atomic E-state index is 0.0308. The van der Waals surface area contributed by atoms with Gasteiger partial charge in [0.2, 0.25) is 17.7 Å². The first-order chi connectivity index (χ1) is 19.9. The number of hydrogen-bond donors (Lipinski definition) is 2. The van der Waals surface area contributed by atoms with E-state index < -0.39 is 6.04 Å². The molecule has 1 unspecified atom stereocenters. The van der Waals surface area contributed by atoms with Gasteiger partial charge in [0.15, 0.2) is 0 Å². The second-order valence-corrected chi connectivity index (χ2v) is 11.9. The zero-order valence-electron chi connectivity index (χ0n) is 23.8. The van der Waals surface area contributed by atoms with Crippen LogP contribution in [0.25, 0.3) is 0 Å². The van der Waals surface area contributed by atoms with Crippen LogP contribution in [0.15, 0.2) is 29.9 Å². The van der Waals surface area contributed by atoms with Crippen LogP contribution in [-0.2, 0) is 20.8 Å². The Hall–Kier alpha value is -3.47. The number of fused-ring (bicyclic) bond motifs is 1. The number of aromatic nitrogens is 1. The maximum absolute atomic E-state index is 14.1. The molecule has 3 heterocycles. The summed E-state index contributed by atoms with van der Waals surface area (Å²) in [5, 5.41) is 5.76. The summed E-state index contributed by atoms with van der Waals surface area (Å²) in [5.74, 6) is -0.292. The van der Waals surface area contributed by atoms with Crippen molar-refractivity contribution >= 4 is 35.0 Å². The molecule has 41 heavy (non-hydrogen) atoms. The van der Waals surface area contributed by atoms with Gasteiger partial charge in [-0.25, -0.2) is 0 Å². The lowest BCUT2D eigenvalue weighted by Gasteiger charge is -2.42. The average Bonchev–Trinajstić information content (AvgIpc) is 3.72.